The van der Waals surface area contributed by atoms with Gasteiger partial charge in [0.05, 0.1) is 0 Å². The summed E-state index contributed by atoms with van der Waals surface area (Å²) in [5.74, 6) is -2.61. The Labute approximate surface area is 145 Å². The summed E-state index contributed by atoms with van der Waals surface area (Å²) < 4.78 is 75.8. The predicted molar refractivity (Wildman–Crippen MR) is 78.4 cm³/mol. The number of anilines is 1. The topological polar surface area (TPSA) is 29.1 Å². The van der Waals surface area contributed by atoms with Crippen LogP contribution in [0.15, 0.2) is 37.3 Å². The van der Waals surface area contributed by atoms with Crippen molar-refractivity contribution in [2.75, 3.05) is 5.32 Å². The zero-order valence-electron chi connectivity index (χ0n) is 10.0. The average molecular weight is 520 g/mol. The first kappa shape index (κ1) is 19.5. The van der Waals surface area contributed by atoms with Crippen LogP contribution in [0.1, 0.15) is 0 Å². The molecule has 2 nitrogen and oxygen atoms in total. The first-order valence-corrected chi connectivity index (χ1v) is 7.52. The van der Waals surface area contributed by atoms with Gasteiger partial charge in [0.2, 0.25) is 0 Å². The van der Waals surface area contributed by atoms with Crippen LogP contribution in [0.25, 0.3) is 0 Å². The smallest absolute Gasteiger partial charge is 0.351 e. The van der Waals surface area contributed by atoms with Gasteiger partial charge in [0.25, 0.3) is 5.78 Å². The number of rotatable bonds is 3. The van der Waals surface area contributed by atoms with Gasteiger partial charge in [-0.1, -0.05) is 0 Å². The third kappa shape index (κ3) is 5.27. The highest BCUT2D eigenvalue weighted by molar-refractivity contribution is 9.14. The van der Waals surface area contributed by atoms with Crippen LogP contribution in [0.4, 0.5) is 32.0 Å². The molecular weight excluding hydrogens is 516 g/mol. The number of ketones is 1. The average Bonchev–Trinajstić information content (AvgIpc) is 2.32. The number of alkyl halides is 6. The molecule has 0 amide bonds. The fourth-order valence-corrected chi connectivity index (χ4v) is 2.60. The van der Waals surface area contributed by atoms with Gasteiger partial charge in [-0.05, 0) is 59.9 Å². The lowest BCUT2D eigenvalue weighted by molar-refractivity contribution is -0.165. The van der Waals surface area contributed by atoms with Gasteiger partial charge < -0.3 is 5.32 Å². The summed E-state index contributed by atoms with van der Waals surface area (Å²) in [6.07, 6.45) is -11.1. The Balaban J connectivity index is 3.22. The predicted octanol–water partition coefficient (Wildman–Crippen LogP) is 5.96. The van der Waals surface area contributed by atoms with Crippen molar-refractivity contribution in [1.29, 1.82) is 0 Å². The zero-order chi connectivity index (χ0) is 17.3. The van der Waals surface area contributed by atoms with E-state index in [0.29, 0.717) is 13.4 Å². The van der Waals surface area contributed by atoms with Crippen molar-refractivity contribution in [3.63, 3.8) is 0 Å². The van der Waals surface area contributed by atoms with Crippen LogP contribution in [0.5, 0.6) is 0 Å². The molecule has 0 heterocycles. The highest BCUT2D eigenvalue weighted by atomic mass is 79.9. The number of hydrogen-bond donors (Lipinski definition) is 1. The number of nitrogens with one attached hydrogen (secondary N) is 1. The van der Waals surface area contributed by atoms with Gasteiger partial charge in [-0.25, -0.2) is 0 Å². The van der Waals surface area contributed by atoms with Crippen molar-refractivity contribution in [2.24, 2.45) is 0 Å². The van der Waals surface area contributed by atoms with E-state index in [9.17, 15) is 31.1 Å². The zero-order valence-corrected chi connectivity index (χ0v) is 14.8. The van der Waals surface area contributed by atoms with Gasteiger partial charge in [0.1, 0.15) is 5.70 Å². The number of benzene rings is 1. The third-order valence-electron chi connectivity index (χ3n) is 2.12. The Morgan fingerprint density at radius 3 is 1.77 bits per heavy atom. The normalized spacial score (nSPS) is 13.2. The monoisotopic (exact) mass is 517 g/mol. The molecule has 0 spiro atoms. The maximum absolute atomic E-state index is 12.8. The molecule has 1 N–H and O–H groups in total. The van der Waals surface area contributed by atoms with E-state index in [-0.39, 0.29) is 5.69 Å². The van der Waals surface area contributed by atoms with Crippen LogP contribution in [-0.2, 0) is 4.79 Å². The Hall–Kier alpha value is -0.550. The number of carbonyl (C=O) groups excluding carboxylic acids is 1. The van der Waals surface area contributed by atoms with Crippen molar-refractivity contribution in [1.82, 2.24) is 0 Å². The van der Waals surface area contributed by atoms with E-state index < -0.39 is 29.9 Å². The molecule has 1 rings (SSSR count). The number of hydrogen-bond acceptors (Lipinski definition) is 2. The van der Waals surface area contributed by atoms with Crippen LogP contribution >= 0.6 is 47.8 Å². The van der Waals surface area contributed by atoms with Crippen molar-refractivity contribution in [3.05, 3.63) is 37.3 Å². The molecule has 0 radical (unpaired) electrons. The second-order valence-electron chi connectivity index (χ2n) is 3.80. The molecule has 1 aromatic carbocycles. The van der Waals surface area contributed by atoms with E-state index in [0.717, 1.165) is 0 Å². The number of allylic oxidation sites excluding steroid dienone is 2. The van der Waals surface area contributed by atoms with E-state index in [1.807, 2.05) is 0 Å². The molecule has 0 bridgehead atoms. The summed E-state index contributed by atoms with van der Waals surface area (Å²) >= 11 is 9.23. The lowest BCUT2D eigenvalue weighted by atomic mass is 10.2. The van der Waals surface area contributed by atoms with E-state index >= 15 is 0 Å². The minimum Gasteiger partial charge on any atom is -0.351 e. The SMILES string of the molecule is O=C(/C=C(/Nc1cc(Br)c(Br)c(Br)c1)C(F)(F)F)C(F)(F)F. The van der Waals surface area contributed by atoms with Crippen LogP contribution in [-0.4, -0.2) is 18.1 Å². The van der Waals surface area contributed by atoms with E-state index in [1.165, 1.54) is 12.1 Å². The fraction of sp³-hybridized carbons (Fsp3) is 0.182. The number of halogens is 9. The summed E-state index contributed by atoms with van der Waals surface area (Å²) in [6, 6.07) is 2.40. The first-order chi connectivity index (χ1) is 9.82. The van der Waals surface area contributed by atoms with E-state index in [1.54, 1.807) is 5.32 Å². The largest absolute Gasteiger partial charge is 0.454 e. The standard InChI is InChI=1S/C11H4Br3F6NO/c12-5-1-4(2-6(13)9(5)14)21-7(10(15,16)17)3-8(22)11(18,19)20/h1-3,21H/b7-3+. The van der Waals surface area contributed by atoms with E-state index in [4.69, 9.17) is 0 Å². The first-order valence-electron chi connectivity index (χ1n) is 5.14. The quantitative estimate of drug-likeness (QED) is 0.303. The molecule has 11 heteroatoms. The Kier molecular flexibility index (Phi) is 6.13. The molecule has 0 aliphatic rings. The second kappa shape index (κ2) is 6.91. The Bertz CT molecular complexity index is 600. The molecule has 0 aromatic heterocycles. The van der Waals surface area contributed by atoms with E-state index in [2.05, 4.69) is 47.8 Å². The molecule has 0 saturated carbocycles. The summed E-state index contributed by atoms with van der Waals surface area (Å²) in [5, 5.41) is 1.77. The van der Waals surface area contributed by atoms with Crippen LogP contribution < -0.4 is 5.32 Å². The molecular formula is C11H4Br3F6NO. The summed E-state index contributed by atoms with van der Waals surface area (Å²) in [5.41, 5.74) is -1.99. The molecule has 0 atom stereocenters. The highest BCUT2D eigenvalue weighted by Crippen LogP contribution is 2.36. The van der Waals surface area contributed by atoms with Crippen molar-refractivity contribution < 1.29 is 31.1 Å². The van der Waals surface area contributed by atoms with Crippen LogP contribution in [0, 0.1) is 0 Å². The van der Waals surface area contributed by atoms with Gasteiger partial charge in [0, 0.05) is 25.2 Å². The van der Waals surface area contributed by atoms with Gasteiger partial charge >= 0.3 is 12.4 Å². The van der Waals surface area contributed by atoms with Crippen molar-refractivity contribution in [3.8, 4) is 0 Å². The Morgan fingerprint density at radius 1 is 0.955 bits per heavy atom. The lowest BCUT2D eigenvalue weighted by Gasteiger charge is -2.15. The molecule has 22 heavy (non-hydrogen) atoms. The lowest BCUT2D eigenvalue weighted by Crippen LogP contribution is -2.26. The van der Waals surface area contributed by atoms with Gasteiger partial charge in [0.15, 0.2) is 0 Å². The van der Waals surface area contributed by atoms with Gasteiger partial charge in [-0.3, -0.25) is 4.79 Å². The van der Waals surface area contributed by atoms with Crippen molar-refractivity contribution >= 4 is 59.3 Å². The maximum atomic E-state index is 12.8. The van der Waals surface area contributed by atoms with Gasteiger partial charge in [-0.15, -0.1) is 0 Å². The van der Waals surface area contributed by atoms with Crippen molar-refractivity contribution in [2.45, 2.75) is 12.4 Å². The maximum Gasteiger partial charge on any atom is 0.454 e. The molecule has 0 saturated heterocycles. The minimum atomic E-state index is -5.39. The third-order valence-corrected chi connectivity index (χ3v) is 5.29. The summed E-state index contributed by atoms with van der Waals surface area (Å²) in [4.78, 5) is 10.7. The summed E-state index contributed by atoms with van der Waals surface area (Å²) in [7, 11) is 0. The Morgan fingerprint density at radius 2 is 1.41 bits per heavy atom. The molecule has 0 fully saturated rings. The second-order valence-corrected chi connectivity index (χ2v) is 6.30. The minimum absolute atomic E-state index is 0.166. The van der Waals surface area contributed by atoms with Crippen LogP contribution in [0.2, 0.25) is 0 Å². The molecule has 0 unspecified atom stereocenters. The molecule has 122 valence electrons. The van der Waals surface area contributed by atoms with Gasteiger partial charge in [-0.2, -0.15) is 26.3 Å². The molecule has 0 aliphatic carbocycles. The number of carbonyl (C=O) groups is 1. The highest BCUT2D eigenvalue weighted by Gasteiger charge is 2.41. The fourth-order valence-electron chi connectivity index (χ4n) is 1.18. The molecule has 1 aromatic rings. The summed E-state index contributed by atoms with van der Waals surface area (Å²) in [6.45, 7) is 0. The van der Waals surface area contributed by atoms with Crippen LogP contribution in [0.3, 0.4) is 0 Å². The molecule has 0 aliphatic heterocycles.